The van der Waals surface area contributed by atoms with Crippen LogP contribution in [0.4, 0.5) is 0 Å². The van der Waals surface area contributed by atoms with Crippen LogP contribution in [-0.4, -0.2) is 52.0 Å². The van der Waals surface area contributed by atoms with E-state index in [4.69, 9.17) is 9.47 Å². The molecule has 7 nitrogen and oxygen atoms in total. The second-order valence-electron chi connectivity index (χ2n) is 8.18. The Kier molecular flexibility index (Phi) is 9.53. The summed E-state index contributed by atoms with van der Waals surface area (Å²) in [6.45, 7) is 4.09. The lowest BCUT2D eigenvalue weighted by Gasteiger charge is -2.20. The molecule has 2 aromatic rings. The maximum Gasteiger partial charge on any atom is 0.244 e. The number of carbonyl (C=O) groups excluding carboxylic acids is 1. The summed E-state index contributed by atoms with van der Waals surface area (Å²) in [4.78, 5) is 12.5. The van der Waals surface area contributed by atoms with E-state index in [0.29, 0.717) is 49.1 Å². The van der Waals surface area contributed by atoms with Crippen molar-refractivity contribution in [3.05, 3.63) is 59.7 Å². The second-order valence-corrected chi connectivity index (χ2v) is 10.1. The third-order valence-corrected chi connectivity index (χ3v) is 7.67. The summed E-state index contributed by atoms with van der Waals surface area (Å²) in [5.74, 6) is 1.08. The van der Waals surface area contributed by atoms with E-state index in [1.165, 1.54) is 6.08 Å². The number of nitrogens with one attached hydrogen (secondary N) is 1. The van der Waals surface area contributed by atoms with Gasteiger partial charge in [-0.15, -0.1) is 0 Å². The number of ether oxygens (including phenoxy) is 2. The Labute approximate surface area is 202 Å². The predicted octanol–water partition coefficient (Wildman–Crippen LogP) is 4.03. The van der Waals surface area contributed by atoms with E-state index in [2.05, 4.69) is 5.32 Å². The molecular weight excluding hydrogens is 452 g/mol. The molecule has 34 heavy (non-hydrogen) atoms. The van der Waals surface area contributed by atoms with Crippen LogP contribution in [0.25, 0.3) is 6.08 Å². The number of hydrogen-bond donors (Lipinski definition) is 1. The van der Waals surface area contributed by atoms with Crippen LogP contribution in [-0.2, 0) is 21.2 Å². The number of nitrogens with zero attached hydrogens (tertiary/aromatic N) is 1. The van der Waals surface area contributed by atoms with Gasteiger partial charge in [-0.05, 0) is 67.7 Å². The Morgan fingerprint density at radius 1 is 1.03 bits per heavy atom. The van der Waals surface area contributed by atoms with E-state index in [1.54, 1.807) is 29.6 Å². The molecule has 0 radical (unpaired) electrons. The lowest BCUT2D eigenvalue weighted by atomic mass is 10.1. The van der Waals surface area contributed by atoms with Crippen LogP contribution in [0.1, 0.15) is 43.7 Å². The fourth-order valence-corrected chi connectivity index (χ4v) is 5.40. The van der Waals surface area contributed by atoms with E-state index in [-0.39, 0.29) is 5.91 Å². The minimum atomic E-state index is -3.44. The maximum atomic E-state index is 12.9. The van der Waals surface area contributed by atoms with Gasteiger partial charge in [0.1, 0.15) is 0 Å². The SMILES string of the molecule is CCOc1ccc(/C=C/C(=O)NCCc2ccc(S(=O)(=O)N3CCCCCC3)cc2)cc1OC. The van der Waals surface area contributed by atoms with Crippen molar-refractivity contribution in [1.82, 2.24) is 9.62 Å². The molecule has 2 aromatic carbocycles. The van der Waals surface area contributed by atoms with E-state index >= 15 is 0 Å². The average Bonchev–Trinajstić information content (AvgIpc) is 3.14. The molecule has 0 atom stereocenters. The zero-order valence-electron chi connectivity index (χ0n) is 20.0. The van der Waals surface area contributed by atoms with Crippen molar-refractivity contribution in [3.63, 3.8) is 0 Å². The smallest absolute Gasteiger partial charge is 0.244 e. The third kappa shape index (κ3) is 7.08. The average molecular weight is 487 g/mol. The molecule has 1 heterocycles. The number of sulfonamides is 1. The van der Waals surface area contributed by atoms with Crippen LogP contribution < -0.4 is 14.8 Å². The topological polar surface area (TPSA) is 84.9 Å². The van der Waals surface area contributed by atoms with Gasteiger partial charge in [0.15, 0.2) is 11.5 Å². The van der Waals surface area contributed by atoms with Crippen LogP contribution in [0, 0.1) is 0 Å². The lowest BCUT2D eigenvalue weighted by molar-refractivity contribution is -0.116. The zero-order valence-corrected chi connectivity index (χ0v) is 20.8. The molecule has 0 aliphatic carbocycles. The van der Waals surface area contributed by atoms with Crippen molar-refractivity contribution >= 4 is 22.0 Å². The van der Waals surface area contributed by atoms with Crippen LogP contribution in [0.5, 0.6) is 11.5 Å². The first-order valence-electron chi connectivity index (χ1n) is 11.8. The van der Waals surface area contributed by atoms with Gasteiger partial charge in [-0.25, -0.2) is 8.42 Å². The summed E-state index contributed by atoms with van der Waals surface area (Å²) in [6, 6.07) is 12.5. The number of rotatable bonds is 10. The summed E-state index contributed by atoms with van der Waals surface area (Å²) in [5, 5.41) is 2.86. The lowest BCUT2D eigenvalue weighted by Crippen LogP contribution is -2.31. The first kappa shape index (κ1) is 25.8. The third-order valence-electron chi connectivity index (χ3n) is 5.75. The Bertz CT molecular complexity index is 1070. The maximum absolute atomic E-state index is 12.9. The number of benzene rings is 2. The highest BCUT2D eigenvalue weighted by Gasteiger charge is 2.24. The summed E-state index contributed by atoms with van der Waals surface area (Å²) in [5.41, 5.74) is 1.80. The molecule has 0 bridgehead atoms. The van der Waals surface area contributed by atoms with Crippen LogP contribution in [0.2, 0.25) is 0 Å². The highest BCUT2D eigenvalue weighted by molar-refractivity contribution is 7.89. The second kappa shape index (κ2) is 12.6. The van der Waals surface area contributed by atoms with Gasteiger partial charge in [-0.2, -0.15) is 4.31 Å². The number of methoxy groups -OCH3 is 1. The monoisotopic (exact) mass is 486 g/mol. The summed E-state index contributed by atoms with van der Waals surface area (Å²) in [6.07, 6.45) is 7.80. The van der Waals surface area contributed by atoms with Gasteiger partial charge >= 0.3 is 0 Å². The summed E-state index contributed by atoms with van der Waals surface area (Å²) < 4.78 is 38.2. The highest BCUT2D eigenvalue weighted by Crippen LogP contribution is 2.28. The van der Waals surface area contributed by atoms with Crippen molar-refractivity contribution < 1.29 is 22.7 Å². The molecule has 0 aromatic heterocycles. The van der Waals surface area contributed by atoms with Crippen LogP contribution in [0.3, 0.4) is 0 Å². The Morgan fingerprint density at radius 3 is 2.38 bits per heavy atom. The standard InChI is InChI=1S/C26H34N2O5S/c1-3-33-24-14-10-22(20-25(24)32-2)11-15-26(29)27-17-16-21-8-12-23(13-9-21)34(30,31)28-18-6-4-5-7-19-28/h8-15,20H,3-7,16-19H2,1-2H3,(H,27,29)/b15-11+. The van der Waals surface area contributed by atoms with Gasteiger partial charge in [0, 0.05) is 25.7 Å². The Morgan fingerprint density at radius 2 is 1.74 bits per heavy atom. The van der Waals surface area contributed by atoms with Gasteiger partial charge in [0.2, 0.25) is 15.9 Å². The molecule has 0 spiro atoms. The molecule has 0 unspecified atom stereocenters. The molecule has 184 valence electrons. The van der Waals surface area contributed by atoms with Crippen molar-refractivity contribution in [2.75, 3.05) is 33.4 Å². The van der Waals surface area contributed by atoms with E-state index in [9.17, 15) is 13.2 Å². The molecule has 1 N–H and O–H groups in total. The minimum absolute atomic E-state index is 0.201. The summed E-state index contributed by atoms with van der Waals surface area (Å²) >= 11 is 0. The molecule has 1 aliphatic rings. The van der Waals surface area contributed by atoms with Crippen LogP contribution in [0.15, 0.2) is 53.4 Å². The minimum Gasteiger partial charge on any atom is -0.493 e. The molecule has 1 aliphatic heterocycles. The molecule has 0 saturated carbocycles. The van der Waals surface area contributed by atoms with Gasteiger partial charge in [0.25, 0.3) is 0 Å². The number of hydrogen-bond acceptors (Lipinski definition) is 5. The van der Waals surface area contributed by atoms with E-state index in [0.717, 1.165) is 36.8 Å². The van der Waals surface area contributed by atoms with Gasteiger partial charge in [0.05, 0.1) is 18.6 Å². The quantitative estimate of drug-likeness (QED) is 0.513. The van der Waals surface area contributed by atoms with Crippen LogP contribution >= 0.6 is 0 Å². The molecule has 1 amide bonds. The molecule has 1 saturated heterocycles. The largest absolute Gasteiger partial charge is 0.493 e. The zero-order chi connectivity index (χ0) is 24.4. The van der Waals surface area contributed by atoms with Gasteiger partial charge in [-0.1, -0.05) is 31.0 Å². The van der Waals surface area contributed by atoms with Crippen molar-refractivity contribution in [1.29, 1.82) is 0 Å². The predicted molar refractivity (Wildman–Crippen MR) is 134 cm³/mol. The molecule has 8 heteroatoms. The Hall–Kier alpha value is -2.84. The molecular formula is C26H34N2O5S. The highest BCUT2D eigenvalue weighted by atomic mass is 32.2. The normalized spacial score (nSPS) is 15.1. The summed E-state index contributed by atoms with van der Waals surface area (Å²) in [7, 11) is -1.86. The fraction of sp³-hybridized carbons (Fsp3) is 0.423. The van der Waals surface area contributed by atoms with Crippen molar-refractivity contribution in [2.24, 2.45) is 0 Å². The van der Waals surface area contributed by atoms with Crippen molar-refractivity contribution in [2.45, 2.75) is 43.9 Å². The molecule has 3 rings (SSSR count). The first-order chi connectivity index (χ1) is 16.4. The Balaban J connectivity index is 1.50. The molecule has 1 fully saturated rings. The number of carbonyl (C=O) groups is 1. The van der Waals surface area contributed by atoms with E-state index in [1.807, 2.05) is 37.3 Å². The first-order valence-corrected chi connectivity index (χ1v) is 13.2. The van der Waals surface area contributed by atoms with Crippen molar-refractivity contribution in [3.8, 4) is 11.5 Å². The van der Waals surface area contributed by atoms with Gasteiger partial charge < -0.3 is 14.8 Å². The fourth-order valence-electron chi connectivity index (χ4n) is 3.88. The van der Waals surface area contributed by atoms with E-state index < -0.39 is 10.0 Å². The number of amides is 1. The van der Waals surface area contributed by atoms with Gasteiger partial charge in [-0.3, -0.25) is 4.79 Å².